The fraction of sp³-hybridized carbons (Fsp3) is 0.304. The Labute approximate surface area is 167 Å². The molecule has 0 saturated heterocycles. The topological polar surface area (TPSA) is 62.9 Å². The standard InChI is InChI=1S/C21H18N4O.C2H6.H2/c22-14-21(8-9-21)23-17-7-6-16-12-25-18(13-26-20(16)10-17)11-19(24-25)15-4-2-1-3-5-15;1-2;/h1-7,10-11,23H,8-9,12-13H2;1-2H3;1H. The molecule has 0 amide bonds. The molecule has 0 radical (unpaired) electrons. The molecule has 0 spiro atoms. The number of anilines is 1. The molecule has 144 valence electrons. The highest BCUT2D eigenvalue weighted by Crippen LogP contribution is 2.39. The summed E-state index contributed by atoms with van der Waals surface area (Å²) in [5, 5.41) is 17.4. The van der Waals surface area contributed by atoms with Crippen molar-refractivity contribution in [2.45, 2.75) is 45.4 Å². The smallest absolute Gasteiger partial charge is 0.130 e. The second-order valence-corrected chi connectivity index (χ2v) is 6.97. The lowest BCUT2D eigenvalue weighted by molar-refractivity contribution is 0.302. The zero-order valence-corrected chi connectivity index (χ0v) is 16.3. The van der Waals surface area contributed by atoms with Crippen molar-refractivity contribution in [3.8, 4) is 23.1 Å². The second kappa shape index (κ2) is 7.40. The van der Waals surface area contributed by atoms with Gasteiger partial charge >= 0.3 is 0 Å². The molecular weight excluding hydrogens is 348 g/mol. The summed E-state index contributed by atoms with van der Waals surface area (Å²) in [4.78, 5) is 0. The van der Waals surface area contributed by atoms with Gasteiger partial charge in [0, 0.05) is 24.3 Å². The first-order chi connectivity index (χ1) is 13.7. The highest BCUT2D eigenvalue weighted by molar-refractivity contribution is 5.60. The Morgan fingerprint density at radius 1 is 1.14 bits per heavy atom. The van der Waals surface area contributed by atoms with Crippen LogP contribution in [0.1, 0.15) is 39.4 Å². The fourth-order valence-corrected chi connectivity index (χ4v) is 3.33. The summed E-state index contributed by atoms with van der Waals surface area (Å²) >= 11 is 0. The maximum atomic E-state index is 9.26. The number of hydrogen-bond donors (Lipinski definition) is 1. The van der Waals surface area contributed by atoms with E-state index in [2.05, 4.69) is 35.7 Å². The number of benzene rings is 2. The molecule has 2 aliphatic rings. The van der Waals surface area contributed by atoms with Crippen molar-refractivity contribution in [3.63, 3.8) is 0 Å². The van der Waals surface area contributed by atoms with E-state index < -0.39 is 0 Å². The van der Waals surface area contributed by atoms with Crippen LogP contribution in [0.25, 0.3) is 11.3 Å². The van der Waals surface area contributed by atoms with Crippen molar-refractivity contribution in [2.24, 2.45) is 0 Å². The first-order valence-electron chi connectivity index (χ1n) is 9.82. The number of nitrogens with one attached hydrogen (secondary N) is 1. The molecule has 5 heteroatoms. The lowest BCUT2D eigenvalue weighted by Gasteiger charge is -2.14. The van der Waals surface area contributed by atoms with Crippen molar-refractivity contribution in [3.05, 3.63) is 65.9 Å². The van der Waals surface area contributed by atoms with Gasteiger partial charge in [-0.05, 0) is 25.0 Å². The first-order valence-corrected chi connectivity index (χ1v) is 9.82. The highest BCUT2D eigenvalue weighted by Gasteiger charge is 2.43. The summed E-state index contributed by atoms with van der Waals surface area (Å²) in [6.07, 6.45) is 1.80. The van der Waals surface area contributed by atoms with Gasteiger partial charge in [-0.15, -0.1) is 0 Å². The average Bonchev–Trinajstić information content (AvgIpc) is 3.45. The summed E-state index contributed by atoms with van der Waals surface area (Å²) in [6, 6.07) is 20.7. The Kier molecular flexibility index (Phi) is 4.79. The van der Waals surface area contributed by atoms with Crippen LogP contribution in [-0.2, 0) is 13.2 Å². The molecule has 1 aliphatic carbocycles. The number of fused-ring (bicyclic) bond motifs is 2. The maximum Gasteiger partial charge on any atom is 0.130 e. The fourth-order valence-electron chi connectivity index (χ4n) is 3.33. The van der Waals surface area contributed by atoms with E-state index in [9.17, 15) is 5.26 Å². The van der Waals surface area contributed by atoms with E-state index in [0.717, 1.165) is 46.8 Å². The molecule has 3 aromatic rings. The number of aromatic nitrogens is 2. The highest BCUT2D eigenvalue weighted by atomic mass is 16.5. The van der Waals surface area contributed by atoms with Gasteiger partial charge in [0.1, 0.15) is 17.9 Å². The number of hydrogen-bond acceptors (Lipinski definition) is 4. The molecule has 5 nitrogen and oxygen atoms in total. The zero-order chi connectivity index (χ0) is 19.6. The predicted octanol–water partition coefficient (Wildman–Crippen LogP) is 5.23. The molecular formula is C23H26N4O. The number of ether oxygens (including phenoxy) is 1. The minimum absolute atomic E-state index is 0. The van der Waals surface area contributed by atoms with E-state index in [0.29, 0.717) is 13.2 Å². The summed E-state index contributed by atoms with van der Waals surface area (Å²) in [5.74, 6) is 0.857. The number of nitriles is 1. The normalized spacial score (nSPS) is 15.5. The van der Waals surface area contributed by atoms with E-state index in [1.807, 2.05) is 48.9 Å². The summed E-state index contributed by atoms with van der Waals surface area (Å²) in [7, 11) is 0. The van der Waals surface area contributed by atoms with Gasteiger partial charge in [-0.2, -0.15) is 10.4 Å². The molecule has 5 rings (SSSR count). The third kappa shape index (κ3) is 3.46. The minimum Gasteiger partial charge on any atom is -0.487 e. The molecule has 2 aromatic carbocycles. The molecule has 1 N–H and O–H groups in total. The molecule has 2 heterocycles. The number of rotatable bonds is 3. The molecule has 28 heavy (non-hydrogen) atoms. The number of nitrogens with zero attached hydrogens (tertiary/aromatic N) is 3. The summed E-state index contributed by atoms with van der Waals surface area (Å²) in [6.45, 7) is 5.17. The van der Waals surface area contributed by atoms with E-state index in [-0.39, 0.29) is 6.97 Å². The zero-order valence-electron chi connectivity index (χ0n) is 16.3. The lowest BCUT2D eigenvalue weighted by Crippen LogP contribution is -2.18. The van der Waals surface area contributed by atoms with Gasteiger partial charge < -0.3 is 10.1 Å². The van der Waals surface area contributed by atoms with Gasteiger partial charge in [-0.25, -0.2) is 0 Å². The predicted molar refractivity (Wildman–Crippen MR) is 112 cm³/mol. The van der Waals surface area contributed by atoms with Gasteiger partial charge in [0.05, 0.1) is 24.0 Å². The second-order valence-electron chi connectivity index (χ2n) is 6.97. The van der Waals surface area contributed by atoms with Gasteiger partial charge in [0.25, 0.3) is 0 Å². The Morgan fingerprint density at radius 2 is 1.93 bits per heavy atom. The van der Waals surface area contributed by atoms with E-state index in [1.165, 1.54) is 0 Å². The molecule has 1 saturated carbocycles. The van der Waals surface area contributed by atoms with Crippen molar-refractivity contribution in [2.75, 3.05) is 5.32 Å². The Morgan fingerprint density at radius 3 is 2.64 bits per heavy atom. The molecule has 1 fully saturated rings. The summed E-state index contributed by atoms with van der Waals surface area (Å²) < 4.78 is 8.06. The van der Waals surface area contributed by atoms with Crippen LogP contribution >= 0.6 is 0 Å². The van der Waals surface area contributed by atoms with Gasteiger partial charge in [-0.1, -0.05) is 50.2 Å². The maximum absolute atomic E-state index is 9.26. The van der Waals surface area contributed by atoms with Crippen molar-refractivity contribution in [1.29, 1.82) is 5.26 Å². The van der Waals surface area contributed by atoms with Crippen LogP contribution in [0.2, 0.25) is 0 Å². The quantitative estimate of drug-likeness (QED) is 0.682. The SMILES string of the molecule is CC.N#CC1(Nc2ccc3c(c2)OCc2cc(-c4ccccc4)nn2C3)CC1.[HH]. The average molecular weight is 374 g/mol. The Hall–Kier alpha value is -3.26. The lowest BCUT2D eigenvalue weighted by atomic mass is 10.1. The van der Waals surface area contributed by atoms with E-state index in [1.54, 1.807) is 0 Å². The van der Waals surface area contributed by atoms with Crippen LogP contribution < -0.4 is 10.1 Å². The van der Waals surface area contributed by atoms with E-state index >= 15 is 0 Å². The van der Waals surface area contributed by atoms with Crippen LogP contribution in [0.3, 0.4) is 0 Å². The van der Waals surface area contributed by atoms with Gasteiger partial charge in [0.15, 0.2) is 0 Å². The largest absolute Gasteiger partial charge is 0.487 e. The van der Waals surface area contributed by atoms with Gasteiger partial charge in [0.2, 0.25) is 0 Å². The Bertz CT molecular complexity index is 1020. The van der Waals surface area contributed by atoms with Crippen LogP contribution in [0.5, 0.6) is 5.75 Å². The summed E-state index contributed by atoms with van der Waals surface area (Å²) in [5.41, 5.74) is 4.79. The minimum atomic E-state index is -0.379. The molecule has 0 atom stereocenters. The van der Waals surface area contributed by atoms with E-state index in [4.69, 9.17) is 9.84 Å². The first kappa shape index (κ1) is 18.1. The molecule has 1 aromatic heterocycles. The van der Waals surface area contributed by atoms with Crippen LogP contribution in [0.4, 0.5) is 5.69 Å². The third-order valence-corrected chi connectivity index (χ3v) is 5.04. The van der Waals surface area contributed by atoms with Crippen LogP contribution in [0.15, 0.2) is 54.6 Å². The van der Waals surface area contributed by atoms with Crippen molar-refractivity contribution >= 4 is 5.69 Å². The van der Waals surface area contributed by atoms with Crippen LogP contribution in [-0.4, -0.2) is 15.3 Å². The van der Waals surface area contributed by atoms with Gasteiger partial charge in [-0.3, -0.25) is 4.68 Å². The monoisotopic (exact) mass is 374 g/mol. The van der Waals surface area contributed by atoms with Crippen molar-refractivity contribution < 1.29 is 6.16 Å². The third-order valence-electron chi connectivity index (χ3n) is 5.04. The Balaban J connectivity index is 0.000000778. The van der Waals surface area contributed by atoms with Crippen LogP contribution in [0, 0.1) is 11.3 Å². The van der Waals surface area contributed by atoms with Crippen molar-refractivity contribution in [1.82, 2.24) is 9.78 Å². The molecule has 0 unspecified atom stereocenters. The molecule has 0 bridgehead atoms. The molecule has 1 aliphatic heterocycles.